The number of nitrogens with zero attached hydrogens (tertiary/aromatic N) is 2. The maximum atomic E-state index is 12.0. The minimum atomic E-state index is -0.131. The molecule has 0 aliphatic carbocycles. The fourth-order valence-corrected chi connectivity index (χ4v) is 1.93. The first-order valence-electron chi connectivity index (χ1n) is 6.41. The lowest BCUT2D eigenvalue weighted by atomic mass is 10.1. The SMILES string of the molecule is COc1ncc(NC(=O)Cc2ccc(OC)c(C)c2)cn1. The molecule has 0 aliphatic heterocycles. The van der Waals surface area contributed by atoms with Crippen LogP contribution in [0.3, 0.4) is 0 Å². The Morgan fingerprint density at radius 2 is 1.90 bits per heavy atom. The summed E-state index contributed by atoms with van der Waals surface area (Å²) in [6.45, 7) is 1.94. The molecule has 110 valence electrons. The highest BCUT2D eigenvalue weighted by atomic mass is 16.5. The van der Waals surface area contributed by atoms with Crippen molar-refractivity contribution >= 4 is 11.6 Å². The zero-order valence-corrected chi connectivity index (χ0v) is 12.2. The zero-order chi connectivity index (χ0) is 15.2. The van der Waals surface area contributed by atoms with Gasteiger partial charge in [0.05, 0.1) is 38.7 Å². The maximum Gasteiger partial charge on any atom is 0.316 e. The second-order valence-electron chi connectivity index (χ2n) is 4.49. The number of anilines is 1. The molecule has 6 heteroatoms. The number of aromatic nitrogens is 2. The topological polar surface area (TPSA) is 73.3 Å². The number of methoxy groups -OCH3 is 2. The Kier molecular flexibility index (Phi) is 4.71. The first-order chi connectivity index (χ1) is 10.1. The average molecular weight is 287 g/mol. The third kappa shape index (κ3) is 3.92. The Balaban J connectivity index is 1.99. The van der Waals surface area contributed by atoms with Crippen LogP contribution in [0.5, 0.6) is 11.8 Å². The summed E-state index contributed by atoms with van der Waals surface area (Å²) in [5.41, 5.74) is 2.45. The van der Waals surface area contributed by atoms with E-state index in [0.29, 0.717) is 5.69 Å². The molecule has 0 atom stereocenters. The Morgan fingerprint density at radius 3 is 2.48 bits per heavy atom. The largest absolute Gasteiger partial charge is 0.496 e. The van der Waals surface area contributed by atoms with Gasteiger partial charge in [-0.1, -0.05) is 12.1 Å². The number of carbonyl (C=O) groups excluding carboxylic acids is 1. The summed E-state index contributed by atoms with van der Waals surface area (Å²) in [6, 6.07) is 5.92. The fraction of sp³-hybridized carbons (Fsp3) is 0.267. The molecular formula is C15H17N3O3. The predicted molar refractivity (Wildman–Crippen MR) is 78.6 cm³/mol. The van der Waals surface area contributed by atoms with Gasteiger partial charge in [-0.25, -0.2) is 9.97 Å². The summed E-state index contributed by atoms with van der Waals surface area (Å²) < 4.78 is 10.1. The van der Waals surface area contributed by atoms with Crippen LogP contribution in [0.1, 0.15) is 11.1 Å². The molecule has 0 spiro atoms. The number of amides is 1. The highest BCUT2D eigenvalue weighted by Gasteiger charge is 2.07. The molecule has 0 saturated heterocycles. The first-order valence-corrected chi connectivity index (χ1v) is 6.41. The van der Waals surface area contributed by atoms with Crippen LogP contribution in [0.4, 0.5) is 5.69 Å². The van der Waals surface area contributed by atoms with Crippen LogP contribution in [0.25, 0.3) is 0 Å². The number of hydrogen-bond acceptors (Lipinski definition) is 5. The summed E-state index contributed by atoms with van der Waals surface area (Å²) in [5.74, 6) is 0.677. The maximum absolute atomic E-state index is 12.0. The molecule has 1 aromatic carbocycles. The Morgan fingerprint density at radius 1 is 1.19 bits per heavy atom. The Bertz CT molecular complexity index is 627. The van der Waals surface area contributed by atoms with Gasteiger partial charge in [-0.3, -0.25) is 4.79 Å². The van der Waals surface area contributed by atoms with Gasteiger partial charge in [0.25, 0.3) is 0 Å². The van der Waals surface area contributed by atoms with E-state index in [2.05, 4.69) is 15.3 Å². The molecule has 0 radical (unpaired) electrons. The van der Waals surface area contributed by atoms with Gasteiger partial charge in [-0.15, -0.1) is 0 Å². The van der Waals surface area contributed by atoms with E-state index < -0.39 is 0 Å². The second-order valence-corrected chi connectivity index (χ2v) is 4.49. The summed E-state index contributed by atoms with van der Waals surface area (Å²) in [6.07, 6.45) is 3.28. The van der Waals surface area contributed by atoms with Crippen molar-refractivity contribution in [2.24, 2.45) is 0 Å². The van der Waals surface area contributed by atoms with Crippen LogP contribution in [0.15, 0.2) is 30.6 Å². The number of benzene rings is 1. The molecule has 0 fully saturated rings. The minimum absolute atomic E-state index is 0.131. The van der Waals surface area contributed by atoms with Crippen molar-refractivity contribution in [2.45, 2.75) is 13.3 Å². The van der Waals surface area contributed by atoms with Gasteiger partial charge in [0.1, 0.15) is 5.75 Å². The van der Waals surface area contributed by atoms with Gasteiger partial charge in [-0.2, -0.15) is 0 Å². The van der Waals surface area contributed by atoms with Gasteiger partial charge in [0.2, 0.25) is 5.91 Å². The van der Waals surface area contributed by atoms with Gasteiger partial charge in [-0.05, 0) is 24.1 Å². The summed E-state index contributed by atoms with van der Waals surface area (Å²) in [5, 5.41) is 2.74. The van der Waals surface area contributed by atoms with Gasteiger partial charge >= 0.3 is 6.01 Å². The molecule has 1 N–H and O–H groups in total. The van der Waals surface area contributed by atoms with Crippen LogP contribution in [-0.4, -0.2) is 30.1 Å². The molecule has 0 unspecified atom stereocenters. The molecule has 2 aromatic rings. The molecule has 0 aliphatic rings. The van der Waals surface area contributed by atoms with Gasteiger partial charge in [0, 0.05) is 0 Å². The second kappa shape index (κ2) is 6.69. The van der Waals surface area contributed by atoms with E-state index in [1.807, 2.05) is 25.1 Å². The highest BCUT2D eigenvalue weighted by molar-refractivity contribution is 5.92. The fourth-order valence-electron chi connectivity index (χ4n) is 1.93. The molecule has 1 aromatic heterocycles. The van der Waals surface area contributed by atoms with Crippen molar-refractivity contribution < 1.29 is 14.3 Å². The third-order valence-electron chi connectivity index (χ3n) is 2.92. The number of rotatable bonds is 5. The third-order valence-corrected chi connectivity index (χ3v) is 2.92. The standard InChI is InChI=1S/C15H17N3O3/c1-10-6-11(4-5-13(10)20-2)7-14(19)18-12-8-16-15(21-3)17-9-12/h4-6,8-9H,7H2,1-3H3,(H,18,19). The molecule has 6 nitrogen and oxygen atoms in total. The van der Waals surface area contributed by atoms with Crippen molar-refractivity contribution in [3.05, 3.63) is 41.7 Å². The normalized spacial score (nSPS) is 10.0. The number of ether oxygens (including phenoxy) is 2. The Labute approximate surface area is 123 Å². The van der Waals surface area contributed by atoms with Crippen LogP contribution in [0, 0.1) is 6.92 Å². The van der Waals surface area contributed by atoms with E-state index in [-0.39, 0.29) is 18.3 Å². The lowest BCUT2D eigenvalue weighted by Gasteiger charge is -2.08. The Hall–Kier alpha value is -2.63. The monoisotopic (exact) mass is 287 g/mol. The first kappa shape index (κ1) is 14.8. The van der Waals surface area contributed by atoms with Gasteiger partial charge < -0.3 is 14.8 Å². The minimum Gasteiger partial charge on any atom is -0.496 e. The van der Waals surface area contributed by atoms with Crippen molar-refractivity contribution in [1.29, 1.82) is 0 Å². The highest BCUT2D eigenvalue weighted by Crippen LogP contribution is 2.19. The smallest absolute Gasteiger partial charge is 0.316 e. The number of hydrogen-bond donors (Lipinski definition) is 1. The van der Waals surface area contributed by atoms with Crippen molar-refractivity contribution in [1.82, 2.24) is 9.97 Å². The quantitative estimate of drug-likeness (QED) is 0.910. The van der Waals surface area contributed by atoms with E-state index in [4.69, 9.17) is 9.47 Å². The van der Waals surface area contributed by atoms with Gasteiger partial charge in [0.15, 0.2) is 0 Å². The number of nitrogens with one attached hydrogen (secondary N) is 1. The zero-order valence-electron chi connectivity index (χ0n) is 12.2. The van der Waals surface area contributed by atoms with E-state index >= 15 is 0 Å². The van der Waals surface area contributed by atoms with E-state index in [1.165, 1.54) is 19.5 Å². The molecular weight excluding hydrogens is 270 g/mol. The molecule has 1 heterocycles. The van der Waals surface area contributed by atoms with Crippen molar-refractivity contribution in [3.8, 4) is 11.8 Å². The molecule has 0 bridgehead atoms. The molecule has 21 heavy (non-hydrogen) atoms. The van der Waals surface area contributed by atoms with Crippen molar-refractivity contribution in [3.63, 3.8) is 0 Å². The molecule has 1 amide bonds. The molecule has 0 saturated carbocycles. The van der Waals surface area contributed by atoms with E-state index in [1.54, 1.807) is 7.11 Å². The summed E-state index contributed by atoms with van der Waals surface area (Å²) in [7, 11) is 3.11. The summed E-state index contributed by atoms with van der Waals surface area (Å²) in [4.78, 5) is 19.8. The van der Waals surface area contributed by atoms with Crippen LogP contribution in [0.2, 0.25) is 0 Å². The number of carbonyl (C=O) groups is 1. The average Bonchev–Trinajstić information content (AvgIpc) is 2.48. The lowest BCUT2D eigenvalue weighted by molar-refractivity contribution is -0.115. The lowest BCUT2D eigenvalue weighted by Crippen LogP contribution is -2.15. The van der Waals surface area contributed by atoms with Crippen LogP contribution >= 0.6 is 0 Å². The summed E-state index contributed by atoms with van der Waals surface area (Å²) >= 11 is 0. The molecule has 2 rings (SSSR count). The van der Waals surface area contributed by atoms with Crippen LogP contribution < -0.4 is 14.8 Å². The van der Waals surface area contributed by atoms with E-state index in [9.17, 15) is 4.79 Å². The van der Waals surface area contributed by atoms with Crippen molar-refractivity contribution in [2.75, 3.05) is 19.5 Å². The number of aryl methyl sites for hydroxylation is 1. The predicted octanol–water partition coefficient (Wildman–Crippen LogP) is 1.98. The van der Waals surface area contributed by atoms with E-state index in [0.717, 1.165) is 16.9 Å². The van der Waals surface area contributed by atoms with Crippen LogP contribution in [-0.2, 0) is 11.2 Å².